The van der Waals surface area contributed by atoms with Crippen LogP contribution in [0.1, 0.15) is 75.2 Å². The fraction of sp³-hybridized carbons (Fsp3) is 0.500. The Hall–Kier alpha value is -3.22. The standard InChI is InChI=1S/C28H36N2O5/c1-28(2,3)35-27(33)29-18-19-10-12-23(13-11-19)34-24-16-21(15-22(31)17-24)26(32)30-14-6-8-20-7-4-5-9-25(20)30/h10-13,15-17,20,25,31H,4-9,14,18H2,1-3H3,(H,29,33). The van der Waals surface area contributed by atoms with E-state index in [2.05, 4.69) is 5.32 Å². The monoisotopic (exact) mass is 480 g/mol. The maximum Gasteiger partial charge on any atom is 0.407 e. The van der Waals surface area contributed by atoms with E-state index in [9.17, 15) is 14.7 Å². The van der Waals surface area contributed by atoms with Crippen molar-refractivity contribution in [1.29, 1.82) is 0 Å². The lowest BCUT2D eigenvalue weighted by Gasteiger charge is -2.44. The third-order valence-corrected chi connectivity index (χ3v) is 6.64. The molecule has 0 spiro atoms. The summed E-state index contributed by atoms with van der Waals surface area (Å²) in [6.45, 7) is 6.55. The van der Waals surface area contributed by atoms with Crippen LogP contribution in [0.3, 0.4) is 0 Å². The number of nitrogens with zero attached hydrogens (tertiary/aromatic N) is 1. The molecule has 4 rings (SSSR count). The molecule has 2 aromatic carbocycles. The lowest BCUT2D eigenvalue weighted by molar-refractivity contribution is 0.0389. The molecule has 2 unspecified atom stereocenters. The number of nitrogens with one attached hydrogen (secondary N) is 1. The topological polar surface area (TPSA) is 88.1 Å². The summed E-state index contributed by atoms with van der Waals surface area (Å²) in [6.07, 6.45) is 6.45. The highest BCUT2D eigenvalue weighted by Crippen LogP contribution is 2.37. The molecule has 7 heteroatoms. The third kappa shape index (κ3) is 6.68. The SMILES string of the molecule is CC(C)(C)OC(=O)NCc1ccc(Oc2cc(O)cc(C(=O)N3CCCC4CCCCC43)c2)cc1. The maximum atomic E-state index is 13.4. The van der Waals surface area contributed by atoms with Crippen LogP contribution < -0.4 is 10.1 Å². The number of hydrogen-bond donors (Lipinski definition) is 2. The molecule has 188 valence electrons. The normalized spacial score (nSPS) is 20.0. The molecule has 2 aliphatic rings. The second-order valence-corrected chi connectivity index (χ2v) is 10.6. The number of aromatic hydroxyl groups is 1. The second-order valence-electron chi connectivity index (χ2n) is 10.6. The molecule has 1 saturated heterocycles. The Kier molecular flexibility index (Phi) is 7.53. The lowest BCUT2D eigenvalue weighted by atomic mass is 9.78. The van der Waals surface area contributed by atoms with Crippen molar-refractivity contribution in [3.63, 3.8) is 0 Å². The number of carbonyl (C=O) groups excluding carboxylic acids is 2. The minimum Gasteiger partial charge on any atom is -0.508 e. The van der Waals surface area contributed by atoms with E-state index in [1.165, 1.54) is 37.8 Å². The van der Waals surface area contributed by atoms with Gasteiger partial charge in [-0.1, -0.05) is 25.0 Å². The van der Waals surface area contributed by atoms with Crippen LogP contribution in [0.4, 0.5) is 4.79 Å². The van der Waals surface area contributed by atoms with Crippen LogP contribution in [0.2, 0.25) is 0 Å². The molecule has 1 saturated carbocycles. The molecule has 1 aliphatic heterocycles. The van der Waals surface area contributed by atoms with Gasteiger partial charge in [0.1, 0.15) is 22.8 Å². The summed E-state index contributed by atoms with van der Waals surface area (Å²) < 4.78 is 11.2. The van der Waals surface area contributed by atoms with Crippen LogP contribution >= 0.6 is 0 Å². The predicted octanol–water partition coefficient (Wildman–Crippen LogP) is 6.00. The first-order valence-electron chi connectivity index (χ1n) is 12.6. The van der Waals surface area contributed by atoms with Crippen molar-refractivity contribution in [1.82, 2.24) is 10.2 Å². The molecule has 0 aromatic heterocycles. The van der Waals surface area contributed by atoms with Crippen molar-refractivity contribution < 1.29 is 24.2 Å². The molecule has 35 heavy (non-hydrogen) atoms. The van der Waals surface area contributed by atoms with Crippen molar-refractivity contribution in [3.8, 4) is 17.2 Å². The van der Waals surface area contributed by atoms with Crippen LogP contribution in [-0.2, 0) is 11.3 Å². The van der Waals surface area contributed by atoms with Gasteiger partial charge in [0.25, 0.3) is 5.91 Å². The van der Waals surface area contributed by atoms with Crippen molar-refractivity contribution >= 4 is 12.0 Å². The zero-order valence-electron chi connectivity index (χ0n) is 20.9. The van der Waals surface area contributed by atoms with E-state index in [0.717, 1.165) is 24.9 Å². The Morgan fingerprint density at radius 3 is 2.46 bits per heavy atom. The molecular weight excluding hydrogens is 444 g/mol. The number of rotatable bonds is 5. The molecule has 2 N–H and O–H groups in total. The number of piperidine rings is 1. The molecule has 0 bridgehead atoms. The smallest absolute Gasteiger partial charge is 0.407 e. The summed E-state index contributed by atoms with van der Waals surface area (Å²) in [5, 5.41) is 13.0. The Balaban J connectivity index is 1.40. The summed E-state index contributed by atoms with van der Waals surface area (Å²) in [6, 6.07) is 12.3. The first-order chi connectivity index (χ1) is 16.7. The Morgan fingerprint density at radius 1 is 1.00 bits per heavy atom. The predicted molar refractivity (Wildman–Crippen MR) is 134 cm³/mol. The molecule has 1 heterocycles. The van der Waals surface area contributed by atoms with Gasteiger partial charge in [-0.15, -0.1) is 0 Å². The zero-order chi connectivity index (χ0) is 25.0. The van der Waals surface area contributed by atoms with E-state index in [1.54, 1.807) is 18.2 Å². The highest BCUT2D eigenvalue weighted by molar-refractivity contribution is 5.95. The van der Waals surface area contributed by atoms with Gasteiger partial charge < -0.3 is 24.8 Å². The fourth-order valence-electron chi connectivity index (χ4n) is 5.11. The molecule has 1 aliphatic carbocycles. The van der Waals surface area contributed by atoms with Crippen molar-refractivity contribution in [2.24, 2.45) is 5.92 Å². The summed E-state index contributed by atoms with van der Waals surface area (Å²) in [7, 11) is 0. The third-order valence-electron chi connectivity index (χ3n) is 6.64. The van der Waals surface area contributed by atoms with E-state index in [4.69, 9.17) is 9.47 Å². The minimum absolute atomic E-state index is 0.00114. The number of hydrogen-bond acceptors (Lipinski definition) is 5. The Bertz CT molecular complexity index is 1040. The average Bonchev–Trinajstić information content (AvgIpc) is 2.81. The molecule has 7 nitrogen and oxygen atoms in total. The number of alkyl carbamates (subject to hydrolysis) is 1. The molecule has 2 aromatic rings. The van der Waals surface area contributed by atoms with E-state index >= 15 is 0 Å². The highest BCUT2D eigenvalue weighted by atomic mass is 16.6. The number of phenols is 1. The molecule has 2 amide bonds. The number of phenolic OH excluding ortho intramolecular Hbond substituents is 1. The van der Waals surface area contributed by atoms with E-state index in [1.807, 2.05) is 37.8 Å². The van der Waals surface area contributed by atoms with Crippen LogP contribution in [0.5, 0.6) is 17.2 Å². The van der Waals surface area contributed by atoms with E-state index in [-0.39, 0.29) is 11.7 Å². The van der Waals surface area contributed by atoms with Crippen LogP contribution in [0.25, 0.3) is 0 Å². The Labute approximate surface area is 207 Å². The van der Waals surface area contributed by atoms with Gasteiger partial charge in [-0.3, -0.25) is 4.79 Å². The van der Waals surface area contributed by atoms with Gasteiger partial charge in [0.15, 0.2) is 0 Å². The van der Waals surface area contributed by atoms with Gasteiger partial charge >= 0.3 is 6.09 Å². The summed E-state index contributed by atoms with van der Waals surface area (Å²) in [5.74, 6) is 1.54. The summed E-state index contributed by atoms with van der Waals surface area (Å²) in [4.78, 5) is 27.2. The highest BCUT2D eigenvalue weighted by Gasteiger charge is 2.36. The number of likely N-dealkylation sites (tertiary alicyclic amines) is 1. The quantitative estimate of drug-likeness (QED) is 0.548. The van der Waals surface area contributed by atoms with Crippen molar-refractivity contribution in [2.45, 2.75) is 77.5 Å². The van der Waals surface area contributed by atoms with Gasteiger partial charge in [-0.25, -0.2) is 4.79 Å². The van der Waals surface area contributed by atoms with E-state index < -0.39 is 11.7 Å². The lowest BCUT2D eigenvalue weighted by Crippen LogP contribution is -2.49. The van der Waals surface area contributed by atoms with Gasteiger partial charge in [0.05, 0.1) is 0 Å². The average molecular weight is 481 g/mol. The van der Waals surface area contributed by atoms with Crippen LogP contribution in [0, 0.1) is 5.92 Å². The largest absolute Gasteiger partial charge is 0.508 e. The van der Waals surface area contributed by atoms with Crippen molar-refractivity contribution in [2.75, 3.05) is 6.54 Å². The number of ether oxygens (including phenoxy) is 2. The van der Waals surface area contributed by atoms with Gasteiger partial charge in [0, 0.05) is 30.8 Å². The minimum atomic E-state index is -0.546. The van der Waals surface area contributed by atoms with Crippen molar-refractivity contribution in [3.05, 3.63) is 53.6 Å². The van der Waals surface area contributed by atoms with Gasteiger partial charge in [-0.05, 0) is 82.2 Å². The zero-order valence-corrected chi connectivity index (χ0v) is 20.9. The molecule has 0 radical (unpaired) electrons. The first kappa shape index (κ1) is 24.9. The number of amides is 2. The number of benzene rings is 2. The van der Waals surface area contributed by atoms with Gasteiger partial charge in [-0.2, -0.15) is 0 Å². The number of carbonyl (C=O) groups is 2. The molecule has 2 atom stereocenters. The first-order valence-corrected chi connectivity index (χ1v) is 12.6. The second kappa shape index (κ2) is 10.6. The van der Waals surface area contributed by atoms with Crippen LogP contribution in [-0.4, -0.2) is 40.2 Å². The summed E-state index contributed by atoms with van der Waals surface area (Å²) >= 11 is 0. The number of fused-ring (bicyclic) bond motifs is 1. The van der Waals surface area contributed by atoms with Gasteiger partial charge in [0.2, 0.25) is 0 Å². The van der Waals surface area contributed by atoms with E-state index in [0.29, 0.717) is 35.6 Å². The summed E-state index contributed by atoms with van der Waals surface area (Å²) in [5.41, 5.74) is 0.793. The molecule has 2 fully saturated rings. The Morgan fingerprint density at radius 2 is 1.71 bits per heavy atom. The fourth-order valence-corrected chi connectivity index (χ4v) is 5.11. The maximum absolute atomic E-state index is 13.4. The van der Waals surface area contributed by atoms with Crippen LogP contribution in [0.15, 0.2) is 42.5 Å². The molecular formula is C28H36N2O5.